The number of halogens is 1. The smallest absolute Gasteiger partial charge is 0.253 e. The molecule has 5 nitrogen and oxygen atoms in total. The Morgan fingerprint density at radius 3 is 2.57 bits per heavy atom. The molecule has 0 spiro atoms. The fourth-order valence-electron chi connectivity index (χ4n) is 1.93. The predicted molar refractivity (Wildman–Crippen MR) is 92.5 cm³/mol. The zero-order chi connectivity index (χ0) is 17.2. The van der Waals surface area contributed by atoms with E-state index in [1.54, 1.807) is 0 Å². The van der Waals surface area contributed by atoms with E-state index in [2.05, 4.69) is 5.32 Å². The molecule has 1 N–H and O–H groups in total. The molecule has 0 saturated heterocycles. The van der Waals surface area contributed by atoms with Crippen molar-refractivity contribution in [1.29, 1.82) is 0 Å². The minimum absolute atomic E-state index is 0.0285. The number of hydrogen-bond donors (Lipinski definition) is 1. The number of carbonyl (C=O) groups is 1. The van der Waals surface area contributed by atoms with Gasteiger partial charge in [0.1, 0.15) is 0 Å². The van der Waals surface area contributed by atoms with Crippen LogP contribution in [0.1, 0.15) is 28.2 Å². The van der Waals surface area contributed by atoms with Gasteiger partial charge in [-0.1, -0.05) is 17.7 Å². The zero-order valence-corrected chi connectivity index (χ0v) is 15.3. The summed E-state index contributed by atoms with van der Waals surface area (Å²) in [5, 5.41) is 4.96. The second kappa shape index (κ2) is 7.00. The lowest BCUT2D eigenvalue weighted by molar-refractivity contribution is 0.0940. The molecule has 0 radical (unpaired) electrons. The van der Waals surface area contributed by atoms with Crippen molar-refractivity contribution in [1.82, 2.24) is 9.62 Å². The van der Waals surface area contributed by atoms with Gasteiger partial charge in [-0.25, -0.2) is 12.7 Å². The Balaban J connectivity index is 2.30. The summed E-state index contributed by atoms with van der Waals surface area (Å²) in [6.45, 7) is 1.86. The summed E-state index contributed by atoms with van der Waals surface area (Å²) < 4.78 is 25.4. The first kappa shape index (κ1) is 17.9. The third kappa shape index (κ3) is 3.92. The van der Waals surface area contributed by atoms with Crippen LogP contribution in [0, 0.1) is 0 Å². The first-order valence-electron chi connectivity index (χ1n) is 6.80. The maximum Gasteiger partial charge on any atom is 0.253 e. The third-order valence-electron chi connectivity index (χ3n) is 3.28. The Morgan fingerprint density at radius 2 is 2.00 bits per heavy atom. The van der Waals surface area contributed by atoms with E-state index in [9.17, 15) is 13.2 Å². The number of nitrogens with zero attached hydrogens (tertiary/aromatic N) is 1. The predicted octanol–water partition coefficient (Wildman–Crippen LogP) is 3.14. The van der Waals surface area contributed by atoms with Crippen molar-refractivity contribution in [2.75, 3.05) is 14.1 Å². The minimum atomic E-state index is -3.62. The van der Waals surface area contributed by atoms with Gasteiger partial charge in [-0.15, -0.1) is 11.3 Å². The summed E-state index contributed by atoms with van der Waals surface area (Å²) in [7, 11) is -0.758. The molecule has 1 amide bonds. The molecule has 124 valence electrons. The summed E-state index contributed by atoms with van der Waals surface area (Å²) in [5.41, 5.74) is 0.137. The van der Waals surface area contributed by atoms with Gasteiger partial charge >= 0.3 is 0 Å². The molecular formula is C15H17ClN2O3S2. The van der Waals surface area contributed by atoms with Crippen LogP contribution in [0.5, 0.6) is 0 Å². The van der Waals surface area contributed by atoms with E-state index in [-0.39, 0.29) is 21.5 Å². The van der Waals surface area contributed by atoms with Crippen LogP contribution in [0.15, 0.2) is 40.6 Å². The summed E-state index contributed by atoms with van der Waals surface area (Å²) >= 11 is 7.60. The average molecular weight is 373 g/mol. The number of sulfonamides is 1. The first-order valence-corrected chi connectivity index (χ1v) is 9.49. The lowest BCUT2D eigenvalue weighted by atomic mass is 10.2. The van der Waals surface area contributed by atoms with E-state index in [1.165, 1.54) is 43.6 Å². The van der Waals surface area contributed by atoms with E-state index >= 15 is 0 Å². The van der Waals surface area contributed by atoms with Crippen LogP contribution in [0.25, 0.3) is 0 Å². The van der Waals surface area contributed by atoms with Crippen molar-refractivity contribution in [2.24, 2.45) is 0 Å². The number of hydrogen-bond acceptors (Lipinski definition) is 4. The monoisotopic (exact) mass is 372 g/mol. The second-order valence-electron chi connectivity index (χ2n) is 5.14. The van der Waals surface area contributed by atoms with Crippen LogP contribution in [0.4, 0.5) is 0 Å². The molecule has 1 aromatic carbocycles. The van der Waals surface area contributed by atoms with Gasteiger partial charge in [-0.2, -0.15) is 0 Å². The molecule has 0 aliphatic rings. The Labute approximate surface area is 144 Å². The average Bonchev–Trinajstić information content (AvgIpc) is 3.01. The molecule has 1 unspecified atom stereocenters. The first-order chi connectivity index (χ1) is 10.7. The molecule has 23 heavy (non-hydrogen) atoms. The van der Waals surface area contributed by atoms with Crippen molar-refractivity contribution < 1.29 is 13.2 Å². The third-order valence-corrected chi connectivity index (χ3v) is 6.47. The highest BCUT2D eigenvalue weighted by Gasteiger charge is 2.21. The van der Waals surface area contributed by atoms with E-state index in [4.69, 9.17) is 11.6 Å². The minimum Gasteiger partial charge on any atom is -0.345 e. The van der Waals surface area contributed by atoms with E-state index in [0.717, 1.165) is 9.18 Å². The van der Waals surface area contributed by atoms with Crippen LogP contribution in [0.3, 0.4) is 0 Å². The molecule has 1 atom stereocenters. The standard InChI is InChI=1S/C15H17ClN2O3S2/c1-10(14-5-4-8-22-14)17-15(19)12-9-11(6-7-13(12)16)23(20,21)18(2)3/h4-10H,1-3H3,(H,17,19). The Morgan fingerprint density at radius 1 is 1.30 bits per heavy atom. The fourth-order valence-corrected chi connectivity index (χ4v) is 3.80. The quantitative estimate of drug-likeness (QED) is 0.876. The summed E-state index contributed by atoms with van der Waals surface area (Å²) in [4.78, 5) is 13.5. The molecule has 2 aromatic rings. The Bertz CT molecular complexity index is 802. The molecule has 0 bridgehead atoms. The summed E-state index contributed by atoms with van der Waals surface area (Å²) in [5.74, 6) is -0.410. The van der Waals surface area contributed by atoms with Gasteiger partial charge in [-0.3, -0.25) is 4.79 Å². The molecule has 8 heteroatoms. The number of thiophene rings is 1. The molecule has 0 aliphatic heterocycles. The largest absolute Gasteiger partial charge is 0.345 e. The van der Waals surface area contributed by atoms with Crippen LogP contribution in [0.2, 0.25) is 5.02 Å². The molecule has 1 heterocycles. The van der Waals surface area contributed by atoms with E-state index in [1.807, 2.05) is 24.4 Å². The van der Waals surface area contributed by atoms with E-state index < -0.39 is 15.9 Å². The number of benzene rings is 1. The Kier molecular flexibility index (Phi) is 5.46. The molecule has 0 fully saturated rings. The van der Waals surface area contributed by atoms with Crippen LogP contribution in [-0.4, -0.2) is 32.7 Å². The highest BCUT2D eigenvalue weighted by Crippen LogP contribution is 2.24. The van der Waals surface area contributed by atoms with Gasteiger partial charge in [0.2, 0.25) is 10.0 Å². The summed E-state index contributed by atoms with van der Waals surface area (Å²) in [6, 6.07) is 7.74. The zero-order valence-electron chi connectivity index (χ0n) is 12.9. The Hall–Kier alpha value is -1.41. The van der Waals surface area contributed by atoms with Crippen LogP contribution in [-0.2, 0) is 10.0 Å². The van der Waals surface area contributed by atoms with Crippen molar-refractivity contribution >= 4 is 38.9 Å². The number of nitrogens with one attached hydrogen (secondary N) is 1. The lowest BCUT2D eigenvalue weighted by Gasteiger charge is -2.15. The molecule has 0 aliphatic carbocycles. The summed E-state index contributed by atoms with van der Waals surface area (Å²) in [6.07, 6.45) is 0. The molecule has 0 saturated carbocycles. The maximum absolute atomic E-state index is 12.4. The second-order valence-corrected chi connectivity index (χ2v) is 8.68. The number of rotatable bonds is 5. The topological polar surface area (TPSA) is 66.5 Å². The van der Waals surface area contributed by atoms with Gasteiger partial charge in [0.05, 0.1) is 21.5 Å². The van der Waals surface area contributed by atoms with E-state index in [0.29, 0.717) is 0 Å². The van der Waals surface area contributed by atoms with Gasteiger partial charge in [0.25, 0.3) is 5.91 Å². The lowest BCUT2D eigenvalue weighted by Crippen LogP contribution is -2.27. The fraction of sp³-hybridized carbons (Fsp3) is 0.267. The highest BCUT2D eigenvalue weighted by molar-refractivity contribution is 7.89. The highest BCUT2D eigenvalue weighted by atomic mass is 35.5. The van der Waals surface area contributed by atoms with Crippen molar-refractivity contribution in [3.63, 3.8) is 0 Å². The van der Waals surface area contributed by atoms with Crippen molar-refractivity contribution in [2.45, 2.75) is 17.9 Å². The van der Waals surface area contributed by atoms with Gasteiger partial charge in [0.15, 0.2) is 0 Å². The van der Waals surface area contributed by atoms with Crippen molar-refractivity contribution in [3.8, 4) is 0 Å². The van der Waals surface area contributed by atoms with Crippen LogP contribution >= 0.6 is 22.9 Å². The van der Waals surface area contributed by atoms with Gasteiger partial charge < -0.3 is 5.32 Å². The maximum atomic E-state index is 12.4. The van der Waals surface area contributed by atoms with Crippen molar-refractivity contribution in [3.05, 3.63) is 51.2 Å². The van der Waals surface area contributed by atoms with Gasteiger partial charge in [-0.05, 0) is 36.6 Å². The van der Waals surface area contributed by atoms with Gasteiger partial charge in [0, 0.05) is 19.0 Å². The number of amides is 1. The molecule has 2 rings (SSSR count). The normalized spacial score (nSPS) is 13.1. The number of carbonyl (C=O) groups excluding carboxylic acids is 1. The molecular weight excluding hydrogens is 356 g/mol. The van der Waals surface area contributed by atoms with Crippen LogP contribution < -0.4 is 5.32 Å². The molecule has 1 aromatic heterocycles. The SMILES string of the molecule is CC(NC(=O)c1cc(S(=O)(=O)N(C)C)ccc1Cl)c1cccs1.